The molecule has 0 spiro atoms. The van der Waals surface area contributed by atoms with E-state index in [-0.39, 0.29) is 5.82 Å². The van der Waals surface area contributed by atoms with Crippen LogP contribution in [0.5, 0.6) is 0 Å². The number of aryl methyl sites for hydroxylation is 2. The van der Waals surface area contributed by atoms with Crippen LogP contribution in [0.25, 0.3) is 0 Å². The quantitative estimate of drug-likeness (QED) is 0.606. The van der Waals surface area contributed by atoms with Crippen molar-refractivity contribution in [3.8, 4) is 0 Å². The van der Waals surface area contributed by atoms with Crippen molar-refractivity contribution in [2.75, 3.05) is 22.9 Å². The minimum atomic E-state index is -1.42. The van der Waals surface area contributed by atoms with Gasteiger partial charge in [-0.05, 0) is 68.5 Å². The van der Waals surface area contributed by atoms with Crippen LogP contribution in [0, 0.1) is 19.7 Å². The molecule has 0 saturated heterocycles. The maximum Gasteiger partial charge on any atom is 0.153 e. The van der Waals surface area contributed by atoms with Gasteiger partial charge in [0.25, 0.3) is 0 Å². The highest BCUT2D eigenvalue weighted by atomic mass is 32.2. The molecule has 0 N–H and O–H groups in total. The lowest BCUT2D eigenvalue weighted by Gasteiger charge is -2.24. The third kappa shape index (κ3) is 5.08. The molecular weight excluding hydrogens is 341 g/mol. The first-order chi connectivity index (χ1) is 11.5. The zero-order valence-corrected chi connectivity index (χ0v) is 16.1. The van der Waals surface area contributed by atoms with E-state index in [0.717, 1.165) is 29.7 Å². The van der Waals surface area contributed by atoms with E-state index in [1.165, 1.54) is 6.07 Å². The summed E-state index contributed by atoms with van der Waals surface area (Å²) in [4.78, 5) is 0.700. The second kappa shape index (κ2) is 9.23. The molecule has 24 heavy (non-hydrogen) atoms. The molecule has 2 aromatic rings. The fourth-order valence-electron chi connectivity index (χ4n) is 2.39. The summed E-state index contributed by atoms with van der Waals surface area (Å²) in [5.41, 5.74) is 2.49. The second-order valence-corrected chi connectivity index (χ2v) is 8.22. The minimum absolute atomic E-state index is 0.328. The van der Waals surface area contributed by atoms with Crippen molar-refractivity contribution in [1.82, 2.24) is 0 Å². The van der Waals surface area contributed by atoms with Gasteiger partial charge in [-0.25, -0.2) is 8.60 Å². The average Bonchev–Trinajstić information content (AvgIpc) is 2.58. The molecule has 0 aliphatic heterocycles. The average molecular weight is 366 g/mol. The van der Waals surface area contributed by atoms with Gasteiger partial charge in [0.05, 0.1) is 10.6 Å². The molecule has 5 heteroatoms. The van der Waals surface area contributed by atoms with E-state index in [2.05, 4.69) is 6.26 Å². The molecule has 0 bridgehead atoms. The first kappa shape index (κ1) is 19.0. The predicted molar refractivity (Wildman–Crippen MR) is 104 cm³/mol. The SMILES string of the molecule is CSCCCCN(c1cc(C)ccc1F)S(=O)c1ccc(C)cc1. The van der Waals surface area contributed by atoms with Crippen LogP contribution in [-0.4, -0.2) is 22.8 Å². The number of rotatable bonds is 8. The normalized spacial score (nSPS) is 12.2. The Morgan fingerprint density at radius 1 is 1.04 bits per heavy atom. The summed E-state index contributed by atoms with van der Waals surface area (Å²) in [7, 11) is -1.42. The Labute approximate surface area is 151 Å². The summed E-state index contributed by atoms with van der Waals surface area (Å²) >= 11 is 1.79. The molecule has 0 aliphatic rings. The molecule has 0 heterocycles. The van der Waals surface area contributed by atoms with Gasteiger partial charge >= 0.3 is 0 Å². The van der Waals surface area contributed by atoms with Gasteiger partial charge in [0.2, 0.25) is 0 Å². The topological polar surface area (TPSA) is 20.3 Å². The van der Waals surface area contributed by atoms with Crippen LogP contribution in [0.1, 0.15) is 24.0 Å². The van der Waals surface area contributed by atoms with Gasteiger partial charge in [0.1, 0.15) is 5.82 Å². The lowest BCUT2D eigenvalue weighted by Crippen LogP contribution is -2.28. The molecule has 1 unspecified atom stereocenters. The minimum Gasteiger partial charge on any atom is -0.285 e. The molecule has 0 aliphatic carbocycles. The number of nitrogens with zero attached hydrogens (tertiary/aromatic N) is 1. The van der Waals surface area contributed by atoms with E-state index in [0.29, 0.717) is 17.1 Å². The van der Waals surface area contributed by atoms with Crippen molar-refractivity contribution in [2.45, 2.75) is 31.6 Å². The van der Waals surface area contributed by atoms with E-state index in [1.54, 1.807) is 28.2 Å². The molecule has 0 fully saturated rings. The zero-order chi connectivity index (χ0) is 17.5. The number of thioether (sulfide) groups is 1. The monoisotopic (exact) mass is 365 g/mol. The third-order valence-corrected chi connectivity index (χ3v) is 5.90. The number of anilines is 1. The standard InChI is InChI=1S/C19H24FNOS2/c1-15-6-9-17(10-7-15)24(22)21(12-4-5-13-23-3)19-14-16(2)8-11-18(19)20/h6-11,14H,4-5,12-13H2,1-3H3. The highest BCUT2D eigenvalue weighted by molar-refractivity contribution is 7.98. The van der Waals surface area contributed by atoms with E-state index in [9.17, 15) is 8.60 Å². The Bertz CT molecular complexity index is 688. The Morgan fingerprint density at radius 2 is 1.71 bits per heavy atom. The predicted octanol–water partition coefficient (Wildman–Crippen LogP) is 5.11. The molecule has 0 radical (unpaired) electrons. The van der Waals surface area contributed by atoms with Crippen LogP contribution in [0.2, 0.25) is 0 Å². The van der Waals surface area contributed by atoms with Crippen LogP contribution in [0.15, 0.2) is 47.4 Å². The largest absolute Gasteiger partial charge is 0.285 e. The summed E-state index contributed by atoms with van der Waals surface area (Å²) in [5, 5.41) is 0. The highest BCUT2D eigenvalue weighted by Gasteiger charge is 2.19. The van der Waals surface area contributed by atoms with E-state index in [1.807, 2.05) is 38.1 Å². The molecular formula is C19H24FNOS2. The Kier molecular flexibility index (Phi) is 7.31. The summed E-state index contributed by atoms with van der Waals surface area (Å²) in [6.45, 7) is 4.48. The Hall–Kier alpha value is -1.33. The fraction of sp³-hybridized carbons (Fsp3) is 0.368. The van der Waals surface area contributed by atoms with Gasteiger partial charge in [-0.2, -0.15) is 11.8 Å². The molecule has 0 aromatic heterocycles. The van der Waals surface area contributed by atoms with Crippen molar-refractivity contribution in [1.29, 1.82) is 0 Å². The van der Waals surface area contributed by atoms with Crippen LogP contribution in [-0.2, 0) is 11.0 Å². The summed E-state index contributed by atoms with van der Waals surface area (Å²) in [6.07, 6.45) is 3.98. The van der Waals surface area contributed by atoms with Crippen LogP contribution in [0.4, 0.5) is 10.1 Å². The molecule has 1 atom stereocenters. The molecule has 130 valence electrons. The number of hydrogen-bond acceptors (Lipinski definition) is 2. The molecule has 2 rings (SSSR count). The van der Waals surface area contributed by atoms with Gasteiger partial charge in [0.15, 0.2) is 11.0 Å². The fourth-order valence-corrected chi connectivity index (χ4v) is 4.12. The zero-order valence-electron chi connectivity index (χ0n) is 14.4. The van der Waals surface area contributed by atoms with Crippen molar-refractivity contribution >= 4 is 28.4 Å². The van der Waals surface area contributed by atoms with Crippen molar-refractivity contribution < 1.29 is 8.60 Å². The maximum atomic E-state index is 14.4. The lowest BCUT2D eigenvalue weighted by molar-refractivity contribution is 0.622. The number of halogens is 1. The smallest absolute Gasteiger partial charge is 0.153 e. The van der Waals surface area contributed by atoms with E-state index < -0.39 is 11.0 Å². The highest BCUT2D eigenvalue weighted by Crippen LogP contribution is 2.26. The molecule has 0 saturated carbocycles. The Morgan fingerprint density at radius 3 is 2.38 bits per heavy atom. The van der Waals surface area contributed by atoms with Crippen LogP contribution >= 0.6 is 11.8 Å². The number of hydrogen-bond donors (Lipinski definition) is 0. The second-order valence-electron chi connectivity index (χ2n) is 5.82. The van der Waals surface area contributed by atoms with Crippen molar-refractivity contribution in [3.05, 3.63) is 59.4 Å². The number of benzene rings is 2. The van der Waals surface area contributed by atoms with Gasteiger partial charge in [-0.1, -0.05) is 23.8 Å². The van der Waals surface area contributed by atoms with Crippen molar-refractivity contribution in [2.24, 2.45) is 0 Å². The van der Waals surface area contributed by atoms with Crippen LogP contribution < -0.4 is 4.31 Å². The first-order valence-electron chi connectivity index (χ1n) is 8.04. The summed E-state index contributed by atoms with van der Waals surface area (Å²) in [5.74, 6) is 0.729. The maximum absolute atomic E-state index is 14.4. The van der Waals surface area contributed by atoms with Gasteiger partial charge in [-0.15, -0.1) is 0 Å². The summed E-state index contributed by atoms with van der Waals surface area (Å²) < 4.78 is 29.1. The molecule has 2 nitrogen and oxygen atoms in total. The Balaban J connectivity index is 2.29. The van der Waals surface area contributed by atoms with E-state index in [4.69, 9.17) is 0 Å². The summed E-state index contributed by atoms with van der Waals surface area (Å²) in [6, 6.07) is 12.5. The first-order valence-corrected chi connectivity index (χ1v) is 10.5. The van der Waals surface area contributed by atoms with Gasteiger partial charge in [0, 0.05) is 6.54 Å². The van der Waals surface area contributed by atoms with Crippen molar-refractivity contribution in [3.63, 3.8) is 0 Å². The van der Waals surface area contributed by atoms with Gasteiger partial charge in [-0.3, -0.25) is 4.31 Å². The third-order valence-electron chi connectivity index (χ3n) is 3.75. The van der Waals surface area contributed by atoms with E-state index >= 15 is 0 Å². The number of unbranched alkanes of at least 4 members (excludes halogenated alkanes) is 1. The molecule has 2 aromatic carbocycles. The van der Waals surface area contributed by atoms with Gasteiger partial charge < -0.3 is 0 Å². The molecule has 0 amide bonds. The lowest BCUT2D eigenvalue weighted by atomic mass is 10.2. The van der Waals surface area contributed by atoms with Crippen LogP contribution in [0.3, 0.4) is 0 Å².